The highest BCUT2D eigenvalue weighted by molar-refractivity contribution is 6.76. The lowest BCUT2D eigenvalue weighted by Crippen LogP contribution is -2.32. The molecule has 0 aliphatic carbocycles. The summed E-state index contributed by atoms with van der Waals surface area (Å²) in [5, 5.41) is 3.88. The Morgan fingerprint density at radius 3 is 2.69 bits per heavy atom. The van der Waals surface area contributed by atoms with E-state index in [2.05, 4.69) is 24.8 Å². The number of oxime groups is 1. The SMILES string of the molecule is CCOC(=O)C1=NOC(C[Si](C)(C)C)CC1. The van der Waals surface area contributed by atoms with E-state index in [0.717, 1.165) is 12.5 Å². The molecule has 4 nitrogen and oxygen atoms in total. The molecular weight excluding hydrogens is 222 g/mol. The van der Waals surface area contributed by atoms with E-state index in [9.17, 15) is 4.79 Å². The number of hydrogen-bond donors (Lipinski definition) is 0. The molecule has 0 saturated carbocycles. The number of rotatable bonds is 4. The summed E-state index contributed by atoms with van der Waals surface area (Å²) in [6.45, 7) is 9.09. The van der Waals surface area contributed by atoms with Crippen LogP contribution >= 0.6 is 0 Å². The van der Waals surface area contributed by atoms with Crippen LogP contribution in [0.5, 0.6) is 0 Å². The molecule has 1 rings (SSSR count). The molecular formula is C11H21NO3Si. The topological polar surface area (TPSA) is 47.9 Å². The molecule has 1 heterocycles. The van der Waals surface area contributed by atoms with Crippen LogP contribution in [-0.2, 0) is 14.4 Å². The normalized spacial score (nSPS) is 21.0. The van der Waals surface area contributed by atoms with Crippen molar-refractivity contribution in [2.45, 2.75) is 51.6 Å². The van der Waals surface area contributed by atoms with E-state index in [0.29, 0.717) is 18.7 Å². The third-order valence-corrected chi connectivity index (χ3v) is 4.05. The first-order valence-corrected chi connectivity index (χ1v) is 9.53. The molecule has 16 heavy (non-hydrogen) atoms. The first-order chi connectivity index (χ1) is 7.42. The highest BCUT2D eigenvalue weighted by Gasteiger charge is 2.27. The second-order valence-corrected chi connectivity index (χ2v) is 10.8. The first kappa shape index (κ1) is 13.2. The van der Waals surface area contributed by atoms with Crippen molar-refractivity contribution in [2.75, 3.05) is 6.61 Å². The Morgan fingerprint density at radius 2 is 2.25 bits per heavy atom. The quantitative estimate of drug-likeness (QED) is 0.563. The van der Waals surface area contributed by atoms with Gasteiger partial charge in [0, 0.05) is 14.5 Å². The number of carbonyl (C=O) groups excluding carboxylic acids is 1. The van der Waals surface area contributed by atoms with Gasteiger partial charge in [0.2, 0.25) is 0 Å². The predicted molar refractivity (Wildman–Crippen MR) is 66.3 cm³/mol. The third-order valence-electron chi connectivity index (χ3n) is 2.37. The van der Waals surface area contributed by atoms with Crippen LogP contribution < -0.4 is 0 Å². The molecule has 0 aromatic rings. The molecule has 0 amide bonds. The Bertz CT molecular complexity index is 283. The maximum Gasteiger partial charge on any atom is 0.356 e. The lowest BCUT2D eigenvalue weighted by molar-refractivity contribution is -0.135. The van der Waals surface area contributed by atoms with Gasteiger partial charge in [-0.25, -0.2) is 4.79 Å². The molecule has 0 fully saturated rings. The second kappa shape index (κ2) is 5.47. The van der Waals surface area contributed by atoms with E-state index in [1.54, 1.807) is 6.92 Å². The molecule has 0 saturated heterocycles. The standard InChI is InChI=1S/C11H21NO3Si/c1-5-14-11(13)10-7-6-9(15-12-10)8-16(2,3)4/h9H,5-8H2,1-4H3. The number of hydrogen-bond acceptors (Lipinski definition) is 4. The van der Waals surface area contributed by atoms with Crippen LogP contribution in [0.3, 0.4) is 0 Å². The summed E-state index contributed by atoms with van der Waals surface area (Å²) >= 11 is 0. The van der Waals surface area contributed by atoms with E-state index in [-0.39, 0.29) is 12.1 Å². The van der Waals surface area contributed by atoms with Crippen LogP contribution in [0.1, 0.15) is 19.8 Å². The Hall–Kier alpha value is -0.843. The number of esters is 1. The van der Waals surface area contributed by atoms with Gasteiger partial charge in [-0.05, 0) is 19.4 Å². The van der Waals surface area contributed by atoms with Gasteiger partial charge in [-0.15, -0.1) is 0 Å². The zero-order valence-corrected chi connectivity index (χ0v) is 11.6. The molecule has 92 valence electrons. The Labute approximate surface area is 98.0 Å². The Balaban J connectivity index is 2.45. The van der Waals surface area contributed by atoms with Gasteiger partial charge in [0.25, 0.3) is 0 Å². The van der Waals surface area contributed by atoms with Crippen molar-refractivity contribution < 1.29 is 14.4 Å². The number of carbonyl (C=O) groups is 1. The number of nitrogens with zero attached hydrogens (tertiary/aromatic N) is 1. The minimum Gasteiger partial charge on any atom is -0.461 e. The zero-order chi connectivity index (χ0) is 12.2. The molecule has 0 radical (unpaired) electrons. The summed E-state index contributed by atoms with van der Waals surface area (Å²) in [6.07, 6.45) is 1.74. The van der Waals surface area contributed by atoms with Crippen molar-refractivity contribution in [2.24, 2.45) is 5.16 Å². The van der Waals surface area contributed by atoms with Gasteiger partial charge in [0.15, 0.2) is 5.71 Å². The van der Waals surface area contributed by atoms with Crippen molar-refractivity contribution in [3.8, 4) is 0 Å². The molecule has 5 heteroatoms. The van der Waals surface area contributed by atoms with E-state index in [1.165, 1.54) is 0 Å². The highest BCUT2D eigenvalue weighted by atomic mass is 28.3. The highest BCUT2D eigenvalue weighted by Crippen LogP contribution is 2.21. The lowest BCUT2D eigenvalue weighted by atomic mass is 10.1. The predicted octanol–water partition coefficient (Wildman–Crippen LogP) is 2.42. The van der Waals surface area contributed by atoms with E-state index >= 15 is 0 Å². The van der Waals surface area contributed by atoms with Crippen molar-refractivity contribution in [1.82, 2.24) is 0 Å². The molecule has 1 atom stereocenters. The summed E-state index contributed by atoms with van der Waals surface area (Å²) in [5.41, 5.74) is 0.425. The molecule has 0 bridgehead atoms. The van der Waals surface area contributed by atoms with Gasteiger partial charge in [0.1, 0.15) is 6.10 Å². The fourth-order valence-corrected chi connectivity index (χ4v) is 3.35. The summed E-state index contributed by atoms with van der Waals surface area (Å²) in [4.78, 5) is 16.7. The fraction of sp³-hybridized carbons (Fsp3) is 0.818. The van der Waals surface area contributed by atoms with Crippen LogP contribution in [0.25, 0.3) is 0 Å². The van der Waals surface area contributed by atoms with E-state index < -0.39 is 8.07 Å². The molecule has 1 unspecified atom stereocenters. The van der Waals surface area contributed by atoms with Crippen LogP contribution in [0, 0.1) is 0 Å². The van der Waals surface area contributed by atoms with Gasteiger partial charge in [-0.1, -0.05) is 24.8 Å². The van der Waals surface area contributed by atoms with Crippen molar-refractivity contribution in [3.05, 3.63) is 0 Å². The van der Waals surface area contributed by atoms with Crippen LogP contribution in [0.15, 0.2) is 5.16 Å². The monoisotopic (exact) mass is 243 g/mol. The summed E-state index contributed by atoms with van der Waals surface area (Å²) in [5.74, 6) is -0.339. The summed E-state index contributed by atoms with van der Waals surface area (Å²) < 4.78 is 4.88. The first-order valence-electron chi connectivity index (χ1n) is 5.82. The van der Waals surface area contributed by atoms with Gasteiger partial charge >= 0.3 is 5.97 Å². The largest absolute Gasteiger partial charge is 0.461 e. The average Bonchev–Trinajstić information content (AvgIpc) is 2.16. The maximum absolute atomic E-state index is 11.4. The minimum atomic E-state index is -1.12. The van der Waals surface area contributed by atoms with Gasteiger partial charge in [-0.2, -0.15) is 0 Å². The lowest BCUT2D eigenvalue weighted by Gasteiger charge is -2.25. The molecule has 0 spiro atoms. The maximum atomic E-state index is 11.4. The van der Waals surface area contributed by atoms with Gasteiger partial charge in [-0.3, -0.25) is 0 Å². The minimum absolute atomic E-state index is 0.185. The molecule has 1 aliphatic heterocycles. The second-order valence-electron chi connectivity index (χ2n) is 5.29. The molecule has 0 aromatic heterocycles. The van der Waals surface area contributed by atoms with E-state index in [4.69, 9.17) is 9.57 Å². The molecule has 1 aliphatic rings. The molecule has 0 N–H and O–H groups in total. The van der Waals surface area contributed by atoms with Crippen LogP contribution in [-0.4, -0.2) is 32.5 Å². The smallest absolute Gasteiger partial charge is 0.356 e. The fourth-order valence-electron chi connectivity index (χ4n) is 1.71. The third kappa shape index (κ3) is 4.34. The summed E-state index contributed by atoms with van der Waals surface area (Å²) in [6, 6.07) is 1.09. The Kier molecular flexibility index (Phi) is 4.52. The number of ether oxygens (including phenoxy) is 1. The van der Waals surface area contributed by atoms with Crippen LogP contribution in [0.4, 0.5) is 0 Å². The van der Waals surface area contributed by atoms with E-state index in [1.807, 2.05) is 0 Å². The zero-order valence-electron chi connectivity index (χ0n) is 10.6. The van der Waals surface area contributed by atoms with Crippen molar-refractivity contribution >= 4 is 19.8 Å². The van der Waals surface area contributed by atoms with Crippen molar-refractivity contribution in [3.63, 3.8) is 0 Å². The van der Waals surface area contributed by atoms with Gasteiger partial charge < -0.3 is 9.57 Å². The Morgan fingerprint density at radius 1 is 1.56 bits per heavy atom. The van der Waals surface area contributed by atoms with Gasteiger partial charge in [0.05, 0.1) is 6.61 Å². The summed E-state index contributed by atoms with van der Waals surface area (Å²) in [7, 11) is -1.12. The molecule has 0 aromatic carbocycles. The van der Waals surface area contributed by atoms with Crippen molar-refractivity contribution in [1.29, 1.82) is 0 Å². The average molecular weight is 243 g/mol. The van der Waals surface area contributed by atoms with Crippen LogP contribution in [0.2, 0.25) is 25.7 Å².